The predicted molar refractivity (Wildman–Crippen MR) is 84.6 cm³/mol. The molecule has 3 rings (SSSR count). The third-order valence-electron chi connectivity index (χ3n) is 5.16. The summed E-state index contributed by atoms with van der Waals surface area (Å²) in [5.74, 6) is 2.57. The standard InChI is InChI=1S/C17H24BrN/c1-12-6-7-14(10-17(12)18)15-8-9-19-11-16(15)13-4-2-3-5-13/h6-7,10,13,15-16,19H,2-5,8-9,11H2,1H3. The molecule has 1 aromatic carbocycles. The molecule has 2 fully saturated rings. The van der Waals surface area contributed by atoms with E-state index in [4.69, 9.17) is 0 Å². The second kappa shape index (κ2) is 5.97. The van der Waals surface area contributed by atoms with Crippen LogP contribution in [0.5, 0.6) is 0 Å². The smallest absolute Gasteiger partial charge is 0.0207 e. The molecule has 1 aliphatic carbocycles. The van der Waals surface area contributed by atoms with Gasteiger partial charge in [-0.2, -0.15) is 0 Å². The number of rotatable bonds is 2. The molecule has 2 heteroatoms. The van der Waals surface area contributed by atoms with Crippen LogP contribution in [0.4, 0.5) is 0 Å². The molecule has 2 aliphatic rings. The monoisotopic (exact) mass is 321 g/mol. The average Bonchev–Trinajstić information content (AvgIpc) is 2.96. The number of hydrogen-bond acceptors (Lipinski definition) is 1. The van der Waals surface area contributed by atoms with Gasteiger partial charge >= 0.3 is 0 Å². The van der Waals surface area contributed by atoms with Crippen LogP contribution in [-0.4, -0.2) is 13.1 Å². The van der Waals surface area contributed by atoms with Crippen molar-refractivity contribution in [2.75, 3.05) is 13.1 Å². The molecular formula is C17H24BrN. The Bertz CT molecular complexity index is 437. The maximum atomic E-state index is 3.70. The van der Waals surface area contributed by atoms with Crippen molar-refractivity contribution in [1.29, 1.82) is 0 Å². The van der Waals surface area contributed by atoms with Gasteiger partial charge in [-0.15, -0.1) is 0 Å². The molecule has 0 aromatic heterocycles. The van der Waals surface area contributed by atoms with E-state index in [-0.39, 0.29) is 0 Å². The summed E-state index contributed by atoms with van der Waals surface area (Å²) in [6.45, 7) is 4.57. The summed E-state index contributed by atoms with van der Waals surface area (Å²) in [6, 6.07) is 7.00. The molecule has 2 atom stereocenters. The highest BCUT2D eigenvalue weighted by Crippen LogP contribution is 2.42. The number of halogens is 1. The van der Waals surface area contributed by atoms with Gasteiger partial charge in [0.1, 0.15) is 0 Å². The fourth-order valence-electron chi connectivity index (χ4n) is 4.02. The lowest BCUT2D eigenvalue weighted by atomic mass is 9.73. The first-order valence-electron chi connectivity index (χ1n) is 7.72. The molecule has 1 aliphatic heterocycles. The molecule has 2 unspecified atom stereocenters. The Morgan fingerprint density at radius 2 is 1.95 bits per heavy atom. The lowest BCUT2D eigenvalue weighted by Crippen LogP contribution is -2.38. The van der Waals surface area contributed by atoms with E-state index in [0.29, 0.717) is 0 Å². The van der Waals surface area contributed by atoms with Crippen LogP contribution in [-0.2, 0) is 0 Å². The second-order valence-corrected chi connectivity index (χ2v) is 7.17. The molecule has 1 N–H and O–H groups in total. The Morgan fingerprint density at radius 1 is 1.16 bits per heavy atom. The minimum atomic E-state index is 0.765. The molecule has 19 heavy (non-hydrogen) atoms. The van der Waals surface area contributed by atoms with Crippen molar-refractivity contribution in [3.8, 4) is 0 Å². The molecule has 1 saturated heterocycles. The van der Waals surface area contributed by atoms with Crippen molar-refractivity contribution in [2.24, 2.45) is 11.8 Å². The van der Waals surface area contributed by atoms with Crippen LogP contribution < -0.4 is 5.32 Å². The number of hydrogen-bond donors (Lipinski definition) is 1. The van der Waals surface area contributed by atoms with Gasteiger partial charge in [0.15, 0.2) is 0 Å². The Hall–Kier alpha value is -0.340. The summed E-state index contributed by atoms with van der Waals surface area (Å²) in [4.78, 5) is 0. The maximum Gasteiger partial charge on any atom is 0.0207 e. The van der Waals surface area contributed by atoms with E-state index in [9.17, 15) is 0 Å². The summed E-state index contributed by atoms with van der Waals surface area (Å²) in [7, 11) is 0. The van der Waals surface area contributed by atoms with Crippen molar-refractivity contribution < 1.29 is 0 Å². The summed E-state index contributed by atoms with van der Waals surface area (Å²) >= 11 is 3.70. The quantitative estimate of drug-likeness (QED) is 0.836. The summed E-state index contributed by atoms with van der Waals surface area (Å²) < 4.78 is 1.27. The first kappa shape index (κ1) is 13.6. The minimum absolute atomic E-state index is 0.765. The fraction of sp³-hybridized carbons (Fsp3) is 0.647. The predicted octanol–water partition coefficient (Wildman–Crippen LogP) is 4.64. The Kier molecular flexibility index (Phi) is 4.28. The highest BCUT2D eigenvalue weighted by Gasteiger charge is 2.34. The van der Waals surface area contributed by atoms with E-state index < -0.39 is 0 Å². The average molecular weight is 322 g/mol. The molecule has 0 radical (unpaired) electrons. The van der Waals surface area contributed by atoms with Crippen LogP contribution in [0.2, 0.25) is 0 Å². The number of aryl methyl sites for hydroxylation is 1. The first-order valence-corrected chi connectivity index (χ1v) is 8.52. The zero-order valence-corrected chi connectivity index (χ0v) is 13.4. The van der Waals surface area contributed by atoms with Crippen molar-refractivity contribution >= 4 is 15.9 Å². The zero-order valence-electron chi connectivity index (χ0n) is 11.8. The van der Waals surface area contributed by atoms with E-state index >= 15 is 0 Å². The van der Waals surface area contributed by atoms with Gasteiger partial charge < -0.3 is 5.32 Å². The van der Waals surface area contributed by atoms with Gasteiger partial charge in [0.2, 0.25) is 0 Å². The van der Waals surface area contributed by atoms with E-state index in [0.717, 1.165) is 17.8 Å². The van der Waals surface area contributed by atoms with Crippen molar-refractivity contribution in [3.05, 3.63) is 33.8 Å². The van der Waals surface area contributed by atoms with Crippen LogP contribution in [0, 0.1) is 18.8 Å². The van der Waals surface area contributed by atoms with Crippen molar-refractivity contribution in [1.82, 2.24) is 5.32 Å². The lowest BCUT2D eigenvalue weighted by molar-refractivity contribution is 0.231. The van der Waals surface area contributed by atoms with Gasteiger partial charge in [0.05, 0.1) is 0 Å². The zero-order chi connectivity index (χ0) is 13.2. The number of piperidine rings is 1. The third kappa shape index (κ3) is 2.90. The molecular weight excluding hydrogens is 298 g/mol. The Balaban J connectivity index is 1.84. The van der Waals surface area contributed by atoms with Crippen LogP contribution in [0.25, 0.3) is 0 Å². The third-order valence-corrected chi connectivity index (χ3v) is 6.01. The highest BCUT2D eigenvalue weighted by molar-refractivity contribution is 9.10. The van der Waals surface area contributed by atoms with Crippen LogP contribution in [0.1, 0.15) is 49.1 Å². The summed E-state index contributed by atoms with van der Waals surface area (Å²) in [6.07, 6.45) is 7.11. The molecule has 1 nitrogen and oxygen atoms in total. The normalized spacial score (nSPS) is 28.7. The van der Waals surface area contributed by atoms with Crippen LogP contribution >= 0.6 is 15.9 Å². The second-order valence-electron chi connectivity index (χ2n) is 6.32. The summed E-state index contributed by atoms with van der Waals surface area (Å²) in [5.41, 5.74) is 2.89. The molecule has 0 spiro atoms. The molecule has 1 saturated carbocycles. The molecule has 0 bridgehead atoms. The molecule has 0 amide bonds. The van der Waals surface area contributed by atoms with Gasteiger partial charge in [0.25, 0.3) is 0 Å². The minimum Gasteiger partial charge on any atom is -0.316 e. The van der Waals surface area contributed by atoms with Gasteiger partial charge in [-0.1, -0.05) is 53.7 Å². The van der Waals surface area contributed by atoms with E-state index in [1.807, 2.05) is 0 Å². The Morgan fingerprint density at radius 3 is 2.68 bits per heavy atom. The summed E-state index contributed by atoms with van der Waals surface area (Å²) in [5, 5.41) is 3.63. The SMILES string of the molecule is Cc1ccc(C2CCNCC2C2CCCC2)cc1Br. The van der Waals surface area contributed by atoms with Gasteiger partial charge in [-0.05, 0) is 61.4 Å². The molecule has 1 heterocycles. The molecule has 104 valence electrons. The number of nitrogens with one attached hydrogen (secondary N) is 1. The molecule has 1 aromatic rings. The van der Waals surface area contributed by atoms with Gasteiger partial charge in [0, 0.05) is 4.47 Å². The Labute approximate surface area is 125 Å². The topological polar surface area (TPSA) is 12.0 Å². The van der Waals surface area contributed by atoms with Crippen LogP contribution in [0.3, 0.4) is 0 Å². The van der Waals surface area contributed by atoms with E-state index in [1.54, 1.807) is 5.56 Å². The van der Waals surface area contributed by atoms with Crippen molar-refractivity contribution in [2.45, 2.75) is 44.9 Å². The first-order chi connectivity index (χ1) is 9.25. The fourth-order valence-corrected chi connectivity index (χ4v) is 4.41. The number of benzene rings is 1. The van der Waals surface area contributed by atoms with Crippen molar-refractivity contribution in [3.63, 3.8) is 0 Å². The lowest BCUT2D eigenvalue weighted by Gasteiger charge is -2.36. The largest absolute Gasteiger partial charge is 0.316 e. The van der Waals surface area contributed by atoms with E-state index in [1.165, 1.54) is 55.2 Å². The maximum absolute atomic E-state index is 3.70. The van der Waals surface area contributed by atoms with Gasteiger partial charge in [-0.25, -0.2) is 0 Å². The van der Waals surface area contributed by atoms with Gasteiger partial charge in [-0.3, -0.25) is 0 Å². The van der Waals surface area contributed by atoms with Crippen LogP contribution in [0.15, 0.2) is 22.7 Å². The van der Waals surface area contributed by atoms with E-state index in [2.05, 4.69) is 46.4 Å². The highest BCUT2D eigenvalue weighted by atomic mass is 79.9.